The quantitative estimate of drug-likeness (QED) is 0.830. The summed E-state index contributed by atoms with van der Waals surface area (Å²) in [6.45, 7) is 4.12. The summed E-state index contributed by atoms with van der Waals surface area (Å²) in [6, 6.07) is 4.41. The van der Waals surface area contributed by atoms with E-state index >= 15 is 0 Å². The van der Waals surface area contributed by atoms with E-state index < -0.39 is 0 Å². The summed E-state index contributed by atoms with van der Waals surface area (Å²) in [7, 11) is 0. The number of rotatable bonds is 4. The predicted octanol–water partition coefficient (Wildman–Crippen LogP) is 3.60. The zero-order valence-corrected chi connectivity index (χ0v) is 11.2. The van der Waals surface area contributed by atoms with Gasteiger partial charge in [0.2, 0.25) is 0 Å². The summed E-state index contributed by atoms with van der Waals surface area (Å²) in [5.41, 5.74) is 6.90. The molecule has 3 N–H and O–H groups in total. The van der Waals surface area contributed by atoms with Crippen LogP contribution in [0.25, 0.3) is 0 Å². The van der Waals surface area contributed by atoms with Gasteiger partial charge in [-0.25, -0.2) is 9.37 Å². The second kappa shape index (κ2) is 5.35. The molecule has 0 aliphatic rings. The number of thiazole rings is 1. The van der Waals surface area contributed by atoms with E-state index in [1.807, 2.05) is 13.1 Å². The molecule has 0 bridgehead atoms. The van der Waals surface area contributed by atoms with Crippen LogP contribution in [-0.2, 0) is 6.42 Å². The minimum atomic E-state index is -0.326. The molecule has 0 radical (unpaired) electrons. The van der Waals surface area contributed by atoms with Crippen molar-refractivity contribution < 1.29 is 4.39 Å². The average Bonchev–Trinajstić information content (AvgIpc) is 2.81. The largest absolute Gasteiger partial charge is 0.397 e. The summed E-state index contributed by atoms with van der Waals surface area (Å²) in [5, 5.41) is 4.26. The fraction of sp³-hybridized carbons (Fsp3) is 0.308. The minimum Gasteiger partial charge on any atom is -0.397 e. The van der Waals surface area contributed by atoms with Crippen LogP contribution < -0.4 is 11.1 Å². The number of benzene rings is 1. The van der Waals surface area contributed by atoms with E-state index in [0.29, 0.717) is 5.69 Å². The Morgan fingerprint density at radius 2 is 2.28 bits per heavy atom. The van der Waals surface area contributed by atoms with E-state index in [9.17, 15) is 4.39 Å². The van der Waals surface area contributed by atoms with E-state index in [2.05, 4.69) is 17.2 Å². The first-order valence-corrected chi connectivity index (χ1v) is 6.68. The van der Waals surface area contributed by atoms with Crippen molar-refractivity contribution in [2.45, 2.75) is 26.3 Å². The highest BCUT2D eigenvalue weighted by Gasteiger charge is 2.11. The van der Waals surface area contributed by atoms with Gasteiger partial charge in [0, 0.05) is 11.1 Å². The van der Waals surface area contributed by atoms with E-state index in [1.54, 1.807) is 17.4 Å². The Kier molecular flexibility index (Phi) is 3.81. The first kappa shape index (κ1) is 12.8. The standard InChI is InChI=1S/C13H16FN3S/c1-3-10-7-16-13(18-10)8(2)17-12-5-4-9(14)6-11(12)15/h4-8,17H,3,15H2,1-2H3. The van der Waals surface area contributed by atoms with Crippen molar-refractivity contribution in [1.29, 1.82) is 0 Å². The molecule has 0 spiro atoms. The lowest BCUT2D eigenvalue weighted by Gasteiger charge is -2.14. The molecular weight excluding hydrogens is 249 g/mol. The molecule has 1 aromatic heterocycles. The zero-order valence-electron chi connectivity index (χ0n) is 10.4. The van der Waals surface area contributed by atoms with Gasteiger partial charge in [-0.15, -0.1) is 11.3 Å². The fourth-order valence-corrected chi connectivity index (χ4v) is 2.51. The maximum absolute atomic E-state index is 12.9. The van der Waals surface area contributed by atoms with Crippen molar-refractivity contribution in [3.8, 4) is 0 Å². The number of anilines is 2. The second-order valence-corrected chi connectivity index (χ2v) is 5.26. The van der Waals surface area contributed by atoms with Gasteiger partial charge in [-0.05, 0) is 31.5 Å². The van der Waals surface area contributed by atoms with Gasteiger partial charge in [0.25, 0.3) is 0 Å². The number of nitrogens with zero attached hydrogens (tertiary/aromatic N) is 1. The molecule has 5 heteroatoms. The molecule has 3 nitrogen and oxygen atoms in total. The fourth-order valence-electron chi connectivity index (χ4n) is 1.65. The third-order valence-corrected chi connectivity index (χ3v) is 4.00. The molecule has 1 unspecified atom stereocenters. The smallest absolute Gasteiger partial charge is 0.125 e. The Morgan fingerprint density at radius 1 is 1.50 bits per heavy atom. The maximum Gasteiger partial charge on any atom is 0.125 e. The third kappa shape index (κ3) is 2.79. The van der Waals surface area contributed by atoms with Crippen molar-refractivity contribution in [1.82, 2.24) is 4.98 Å². The van der Waals surface area contributed by atoms with Crippen LogP contribution in [-0.4, -0.2) is 4.98 Å². The summed E-state index contributed by atoms with van der Waals surface area (Å²) in [6.07, 6.45) is 2.88. The number of nitrogen functional groups attached to an aromatic ring is 1. The molecule has 1 heterocycles. The highest BCUT2D eigenvalue weighted by Crippen LogP contribution is 2.27. The SMILES string of the molecule is CCc1cnc(C(C)Nc2ccc(F)cc2N)s1. The maximum atomic E-state index is 12.9. The summed E-state index contributed by atoms with van der Waals surface area (Å²) >= 11 is 1.68. The molecule has 0 fully saturated rings. The normalized spacial score (nSPS) is 12.4. The molecule has 1 aromatic carbocycles. The average molecular weight is 265 g/mol. The van der Waals surface area contributed by atoms with Crippen molar-refractivity contribution in [3.63, 3.8) is 0 Å². The lowest BCUT2D eigenvalue weighted by molar-refractivity contribution is 0.628. The molecule has 0 aliphatic carbocycles. The molecular formula is C13H16FN3S. The van der Waals surface area contributed by atoms with E-state index in [4.69, 9.17) is 5.73 Å². The minimum absolute atomic E-state index is 0.0584. The number of hydrogen-bond donors (Lipinski definition) is 2. The Hall–Kier alpha value is -1.62. The molecule has 0 aliphatic heterocycles. The number of halogens is 1. The number of hydrogen-bond acceptors (Lipinski definition) is 4. The Bertz CT molecular complexity index is 539. The molecule has 0 amide bonds. The summed E-state index contributed by atoms with van der Waals surface area (Å²) < 4.78 is 12.9. The van der Waals surface area contributed by atoms with Crippen molar-refractivity contribution in [2.24, 2.45) is 0 Å². The first-order chi connectivity index (χ1) is 8.60. The number of nitrogens with one attached hydrogen (secondary N) is 1. The van der Waals surface area contributed by atoms with Gasteiger partial charge in [0.15, 0.2) is 0 Å². The summed E-state index contributed by atoms with van der Waals surface area (Å²) in [5.74, 6) is -0.326. The Balaban J connectivity index is 2.13. The van der Waals surface area contributed by atoms with Gasteiger partial charge in [-0.2, -0.15) is 0 Å². The monoisotopic (exact) mass is 265 g/mol. The van der Waals surface area contributed by atoms with Crippen LogP contribution >= 0.6 is 11.3 Å². The van der Waals surface area contributed by atoms with Gasteiger partial charge >= 0.3 is 0 Å². The van der Waals surface area contributed by atoms with E-state index in [-0.39, 0.29) is 11.9 Å². The van der Waals surface area contributed by atoms with Crippen LogP contribution in [0.1, 0.15) is 29.8 Å². The van der Waals surface area contributed by atoms with Gasteiger partial charge in [0.1, 0.15) is 10.8 Å². The molecule has 0 saturated heterocycles. The van der Waals surface area contributed by atoms with Crippen LogP contribution in [0.5, 0.6) is 0 Å². The number of aryl methyl sites for hydroxylation is 1. The molecule has 0 saturated carbocycles. The van der Waals surface area contributed by atoms with Crippen LogP contribution in [0.2, 0.25) is 0 Å². The number of nitrogens with two attached hydrogens (primary N) is 1. The third-order valence-electron chi connectivity index (χ3n) is 2.68. The molecule has 1 atom stereocenters. The van der Waals surface area contributed by atoms with Gasteiger partial charge in [-0.3, -0.25) is 0 Å². The van der Waals surface area contributed by atoms with Gasteiger partial charge in [-0.1, -0.05) is 6.92 Å². The second-order valence-electron chi connectivity index (χ2n) is 4.12. The molecule has 2 aromatic rings. The van der Waals surface area contributed by atoms with Crippen LogP contribution in [0.15, 0.2) is 24.4 Å². The van der Waals surface area contributed by atoms with Gasteiger partial charge in [0.05, 0.1) is 17.4 Å². The summed E-state index contributed by atoms with van der Waals surface area (Å²) in [4.78, 5) is 5.63. The van der Waals surface area contributed by atoms with Crippen LogP contribution in [0.4, 0.5) is 15.8 Å². The highest BCUT2D eigenvalue weighted by atomic mass is 32.1. The number of aromatic nitrogens is 1. The Morgan fingerprint density at radius 3 is 2.89 bits per heavy atom. The van der Waals surface area contributed by atoms with E-state index in [1.165, 1.54) is 17.0 Å². The molecule has 96 valence electrons. The van der Waals surface area contributed by atoms with Crippen molar-refractivity contribution >= 4 is 22.7 Å². The van der Waals surface area contributed by atoms with Crippen molar-refractivity contribution in [2.75, 3.05) is 11.1 Å². The predicted molar refractivity (Wildman–Crippen MR) is 74.3 cm³/mol. The topological polar surface area (TPSA) is 50.9 Å². The Labute approximate surface area is 110 Å². The van der Waals surface area contributed by atoms with Gasteiger partial charge < -0.3 is 11.1 Å². The van der Waals surface area contributed by atoms with Crippen LogP contribution in [0.3, 0.4) is 0 Å². The lowest BCUT2D eigenvalue weighted by atomic mass is 10.2. The highest BCUT2D eigenvalue weighted by molar-refractivity contribution is 7.11. The molecule has 2 rings (SSSR count). The molecule has 18 heavy (non-hydrogen) atoms. The van der Waals surface area contributed by atoms with E-state index in [0.717, 1.165) is 17.1 Å². The first-order valence-electron chi connectivity index (χ1n) is 5.86. The zero-order chi connectivity index (χ0) is 13.1. The van der Waals surface area contributed by atoms with Crippen LogP contribution in [0, 0.1) is 5.82 Å². The lowest BCUT2D eigenvalue weighted by Crippen LogP contribution is -2.08. The van der Waals surface area contributed by atoms with Crippen molar-refractivity contribution in [3.05, 3.63) is 40.1 Å².